The Labute approximate surface area is 170 Å². The van der Waals surface area contributed by atoms with E-state index in [-0.39, 0.29) is 12.5 Å². The Hall–Kier alpha value is -2.67. The van der Waals surface area contributed by atoms with Crippen LogP contribution in [0, 0.1) is 3.57 Å². The van der Waals surface area contributed by atoms with Gasteiger partial charge in [0, 0.05) is 20.7 Å². The lowest BCUT2D eigenvalue weighted by Gasteiger charge is -2.14. The van der Waals surface area contributed by atoms with Gasteiger partial charge in [0.2, 0.25) is 0 Å². The summed E-state index contributed by atoms with van der Waals surface area (Å²) in [6, 6.07) is 21.6. The number of rotatable bonds is 4. The molecule has 1 N–H and O–H groups in total. The fourth-order valence-corrected chi connectivity index (χ4v) is 4.20. The van der Waals surface area contributed by atoms with E-state index in [1.807, 2.05) is 24.3 Å². The highest BCUT2D eigenvalue weighted by Gasteiger charge is 2.28. The van der Waals surface area contributed by atoms with Crippen molar-refractivity contribution in [3.8, 4) is 11.1 Å². The number of hydrogen-bond donors (Lipinski definition) is 1. The second-order valence-electron chi connectivity index (χ2n) is 6.34. The highest BCUT2D eigenvalue weighted by atomic mass is 127. The van der Waals surface area contributed by atoms with Gasteiger partial charge < -0.3 is 4.74 Å². The molecule has 0 aromatic heterocycles. The molecular formula is C22H16INO3. The summed E-state index contributed by atoms with van der Waals surface area (Å²) in [5.41, 5.74) is 5.77. The van der Waals surface area contributed by atoms with Crippen LogP contribution in [0.4, 0.5) is 10.5 Å². The number of nitrogens with one attached hydrogen (secondary N) is 1. The second-order valence-corrected chi connectivity index (χ2v) is 7.59. The molecule has 0 bridgehead atoms. The Kier molecular flexibility index (Phi) is 4.94. The smallest absolute Gasteiger partial charge is 0.411 e. The molecule has 134 valence electrons. The summed E-state index contributed by atoms with van der Waals surface area (Å²) in [4.78, 5) is 23.3. The van der Waals surface area contributed by atoms with Crippen molar-refractivity contribution in [3.05, 3.63) is 87.0 Å². The molecule has 3 aromatic rings. The normalized spacial score (nSPS) is 12.2. The zero-order valence-corrected chi connectivity index (χ0v) is 16.5. The van der Waals surface area contributed by atoms with E-state index in [1.54, 1.807) is 18.2 Å². The SMILES string of the molecule is O=Cc1cc(I)cc(NC(=O)OCC2c3ccccc3-c3ccccc32)c1. The number of fused-ring (bicyclic) bond motifs is 3. The third-order valence-corrected chi connectivity index (χ3v) is 5.27. The highest BCUT2D eigenvalue weighted by Crippen LogP contribution is 2.44. The van der Waals surface area contributed by atoms with Crippen molar-refractivity contribution >= 4 is 40.7 Å². The molecule has 5 heteroatoms. The first kappa shape index (κ1) is 17.7. The van der Waals surface area contributed by atoms with Gasteiger partial charge in [-0.1, -0.05) is 48.5 Å². The lowest BCUT2D eigenvalue weighted by Crippen LogP contribution is -2.18. The second kappa shape index (κ2) is 7.52. The predicted octanol–water partition coefficient (Wildman–Crippen LogP) is 5.46. The van der Waals surface area contributed by atoms with Gasteiger partial charge >= 0.3 is 6.09 Å². The van der Waals surface area contributed by atoms with Gasteiger partial charge in [0.15, 0.2) is 0 Å². The summed E-state index contributed by atoms with van der Waals surface area (Å²) in [5, 5.41) is 2.70. The van der Waals surface area contributed by atoms with E-state index in [0.29, 0.717) is 11.3 Å². The van der Waals surface area contributed by atoms with E-state index in [9.17, 15) is 9.59 Å². The van der Waals surface area contributed by atoms with Crippen LogP contribution >= 0.6 is 22.6 Å². The number of amides is 1. The Balaban J connectivity index is 1.50. The minimum atomic E-state index is -0.532. The van der Waals surface area contributed by atoms with Crippen molar-refractivity contribution in [2.75, 3.05) is 11.9 Å². The highest BCUT2D eigenvalue weighted by molar-refractivity contribution is 14.1. The van der Waals surface area contributed by atoms with Gasteiger partial charge in [-0.15, -0.1) is 0 Å². The molecule has 1 aliphatic carbocycles. The number of aldehydes is 1. The molecular weight excluding hydrogens is 453 g/mol. The van der Waals surface area contributed by atoms with Crippen molar-refractivity contribution in [1.29, 1.82) is 0 Å². The summed E-state index contributed by atoms with van der Waals surface area (Å²) in [6.45, 7) is 0.254. The first-order chi connectivity index (χ1) is 13.2. The zero-order valence-electron chi connectivity index (χ0n) is 14.3. The summed E-state index contributed by atoms with van der Waals surface area (Å²) in [5.74, 6) is 0.0181. The first-order valence-corrected chi connectivity index (χ1v) is 9.61. The van der Waals surface area contributed by atoms with Crippen LogP contribution in [-0.2, 0) is 4.74 Å². The van der Waals surface area contributed by atoms with Crippen molar-refractivity contribution in [1.82, 2.24) is 0 Å². The molecule has 3 aromatic carbocycles. The molecule has 27 heavy (non-hydrogen) atoms. The molecule has 0 spiro atoms. The monoisotopic (exact) mass is 469 g/mol. The third-order valence-electron chi connectivity index (χ3n) is 4.65. The van der Waals surface area contributed by atoms with Crippen LogP contribution < -0.4 is 5.32 Å². The van der Waals surface area contributed by atoms with Gasteiger partial charge in [-0.05, 0) is 63.0 Å². The third kappa shape index (κ3) is 3.60. The van der Waals surface area contributed by atoms with Crippen LogP contribution in [-0.4, -0.2) is 19.0 Å². The molecule has 0 heterocycles. The van der Waals surface area contributed by atoms with E-state index >= 15 is 0 Å². The van der Waals surface area contributed by atoms with Gasteiger partial charge in [-0.3, -0.25) is 10.1 Å². The number of halogens is 1. The maximum absolute atomic E-state index is 12.3. The van der Waals surface area contributed by atoms with Gasteiger partial charge in [-0.2, -0.15) is 0 Å². The van der Waals surface area contributed by atoms with Gasteiger partial charge in [-0.25, -0.2) is 4.79 Å². The van der Waals surface area contributed by atoms with E-state index in [1.165, 1.54) is 22.3 Å². The molecule has 0 saturated heterocycles. The van der Waals surface area contributed by atoms with E-state index in [0.717, 1.165) is 9.86 Å². The number of hydrogen-bond acceptors (Lipinski definition) is 3. The zero-order chi connectivity index (χ0) is 18.8. The van der Waals surface area contributed by atoms with Gasteiger partial charge in [0.1, 0.15) is 12.9 Å². The summed E-state index contributed by atoms with van der Waals surface area (Å²) in [7, 11) is 0. The first-order valence-electron chi connectivity index (χ1n) is 8.53. The number of carbonyl (C=O) groups is 2. The lowest BCUT2D eigenvalue weighted by molar-refractivity contribution is 0.112. The maximum Gasteiger partial charge on any atom is 0.411 e. The molecule has 1 aliphatic rings. The van der Waals surface area contributed by atoms with Crippen LogP contribution in [0.3, 0.4) is 0 Å². The van der Waals surface area contributed by atoms with E-state index in [2.05, 4.69) is 52.2 Å². The van der Waals surface area contributed by atoms with Crippen molar-refractivity contribution in [2.24, 2.45) is 0 Å². The van der Waals surface area contributed by atoms with Crippen LogP contribution in [0.25, 0.3) is 11.1 Å². The van der Waals surface area contributed by atoms with Crippen molar-refractivity contribution in [3.63, 3.8) is 0 Å². The number of carbonyl (C=O) groups excluding carboxylic acids is 2. The molecule has 4 rings (SSSR count). The fraction of sp³-hybridized carbons (Fsp3) is 0.0909. The summed E-state index contributed by atoms with van der Waals surface area (Å²) < 4.78 is 6.38. The van der Waals surface area contributed by atoms with E-state index < -0.39 is 6.09 Å². The van der Waals surface area contributed by atoms with Gasteiger partial charge in [0.05, 0.1) is 0 Å². The largest absolute Gasteiger partial charge is 0.448 e. The predicted molar refractivity (Wildman–Crippen MR) is 113 cm³/mol. The fourth-order valence-electron chi connectivity index (χ4n) is 3.50. The average Bonchev–Trinajstić information content (AvgIpc) is 3.00. The molecule has 0 aliphatic heterocycles. The topological polar surface area (TPSA) is 55.4 Å². The Bertz CT molecular complexity index is 986. The number of anilines is 1. The Morgan fingerprint density at radius 3 is 2.26 bits per heavy atom. The minimum Gasteiger partial charge on any atom is -0.448 e. The molecule has 0 radical (unpaired) electrons. The van der Waals surface area contributed by atoms with Crippen LogP contribution in [0.1, 0.15) is 27.4 Å². The molecule has 0 atom stereocenters. The van der Waals surface area contributed by atoms with Crippen molar-refractivity contribution in [2.45, 2.75) is 5.92 Å². The standard InChI is InChI=1S/C22H16INO3/c23-15-9-14(12-25)10-16(11-15)24-22(26)27-13-21-19-7-3-1-5-17(19)18-6-2-4-8-20(18)21/h1-12,21H,13H2,(H,24,26). The van der Waals surface area contributed by atoms with Crippen LogP contribution in [0.5, 0.6) is 0 Å². The van der Waals surface area contributed by atoms with Crippen LogP contribution in [0.15, 0.2) is 66.7 Å². The van der Waals surface area contributed by atoms with Crippen LogP contribution in [0.2, 0.25) is 0 Å². The maximum atomic E-state index is 12.3. The quantitative estimate of drug-likeness (QED) is 0.408. The minimum absolute atomic E-state index is 0.0181. The Morgan fingerprint density at radius 1 is 1.00 bits per heavy atom. The molecule has 0 unspecified atom stereocenters. The molecule has 1 amide bonds. The number of ether oxygens (including phenoxy) is 1. The Morgan fingerprint density at radius 2 is 1.63 bits per heavy atom. The average molecular weight is 469 g/mol. The number of benzene rings is 3. The van der Waals surface area contributed by atoms with Crippen molar-refractivity contribution < 1.29 is 14.3 Å². The summed E-state index contributed by atoms with van der Waals surface area (Å²) in [6.07, 6.45) is 0.223. The van der Waals surface area contributed by atoms with Gasteiger partial charge in [0.25, 0.3) is 0 Å². The van der Waals surface area contributed by atoms with E-state index in [4.69, 9.17) is 4.74 Å². The summed E-state index contributed by atoms with van der Waals surface area (Å²) >= 11 is 2.10. The molecule has 4 nitrogen and oxygen atoms in total. The molecule has 0 saturated carbocycles. The molecule has 0 fully saturated rings. The lowest BCUT2D eigenvalue weighted by atomic mass is 9.98.